The number of benzene rings is 2. The van der Waals surface area contributed by atoms with Crippen molar-refractivity contribution in [2.45, 2.75) is 13.2 Å². The van der Waals surface area contributed by atoms with Crippen molar-refractivity contribution in [3.8, 4) is 11.5 Å². The molecule has 3 aromatic rings. The van der Waals surface area contributed by atoms with Crippen LogP contribution in [-0.4, -0.2) is 38.2 Å². The number of hydrogen-bond donors (Lipinski definition) is 0. The van der Waals surface area contributed by atoms with E-state index in [4.69, 9.17) is 13.9 Å². The molecule has 1 aliphatic rings. The molecule has 4 rings (SSSR count). The number of piperazine rings is 1. The molecule has 2 aromatic carbocycles. The average molecular weight is 424 g/mol. The van der Waals surface area contributed by atoms with Crippen molar-refractivity contribution in [2.75, 3.05) is 38.2 Å². The van der Waals surface area contributed by atoms with Crippen molar-refractivity contribution < 1.29 is 18.3 Å². The summed E-state index contributed by atoms with van der Waals surface area (Å²) in [5, 5.41) is 0. The van der Waals surface area contributed by atoms with Crippen LogP contribution in [0.15, 0.2) is 70.1 Å². The number of methoxy groups -OCH3 is 1. The fourth-order valence-electron chi connectivity index (χ4n) is 3.58. The first-order valence-electron chi connectivity index (χ1n) is 10.2. The largest absolute Gasteiger partial charge is 0.497 e. The molecule has 0 saturated carbocycles. The fraction of sp³-hybridized carbons (Fsp3) is 0.292. The summed E-state index contributed by atoms with van der Waals surface area (Å²) >= 11 is 0. The van der Waals surface area contributed by atoms with Gasteiger partial charge in [0.25, 0.3) is 0 Å². The summed E-state index contributed by atoms with van der Waals surface area (Å²) in [5.74, 6) is 1.15. The van der Waals surface area contributed by atoms with Crippen LogP contribution >= 0.6 is 0 Å². The number of ether oxygens (including phenoxy) is 2. The molecule has 2 heterocycles. The fourth-order valence-corrected chi connectivity index (χ4v) is 3.58. The predicted octanol–water partition coefficient (Wildman–Crippen LogP) is 3.69. The first-order chi connectivity index (χ1) is 15.1. The highest BCUT2D eigenvalue weighted by Crippen LogP contribution is 2.21. The van der Waals surface area contributed by atoms with E-state index in [0.29, 0.717) is 17.9 Å². The van der Waals surface area contributed by atoms with Crippen molar-refractivity contribution in [3.63, 3.8) is 0 Å². The minimum Gasteiger partial charge on any atom is -0.497 e. The van der Waals surface area contributed by atoms with E-state index in [-0.39, 0.29) is 23.6 Å². The summed E-state index contributed by atoms with van der Waals surface area (Å²) < 4.78 is 30.0. The molecule has 0 atom stereocenters. The van der Waals surface area contributed by atoms with Crippen LogP contribution in [0.3, 0.4) is 0 Å². The number of halogens is 1. The zero-order valence-electron chi connectivity index (χ0n) is 17.4. The van der Waals surface area contributed by atoms with Crippen LogP contribution in [0.1, 0.15) is 11.3 Å². The maximum absolute atomic E-state index is 13.7. The molecule has 0 amide bonds. The third kappa shape index (κ3) is 5.24. The van der Waals surface area contributed by atoms with Crippen LogP contribution in [0.4, 0.5) is 10.1 Å². The number of rotatable bonds is 7. The molecule has 0 aliphatic carbocycles. The van der Waals surface area contributed by atoms with Gasteiger partial charge in [-0.1, -0.05) is 18.2 Å². The molecule has 1 fully saturated rings. The summed E-state index contributed by atoms with van der Waals surface area (Å²) in [6.45, 7) is 4.03. The Morgan fingerprint density at radius 3 is 2.45 bits per heavy atom. The van der Waals surface area contributed by atoms with Crippen LogP contribution in [0, 0.1) is 5.82 Å². The molecule has 162 valence electrons. The second-order valence-corrected chi connectivity index (χ2v) is 7.42. The van der Waals surface area contributed by atoms with Gasteiger partial charge in [0, 0.05) is 43.5 Å². The molecule has 1 aliphatic heterocycles. The Balaban J connectivity index is 1.30. The highest BCUT2D eigenvalue weighted by atomic mass is 19.1. The molecule has 0 spiro atoms. The van der Waals surface area contributed by atoms with Crippen LogP contribution in [0.5, 0.6) is 11.5 Å². The van der Waals surface area contributed by atoms with Gasteiger partial charge in [0.05, 0.1) is 13.7 Å². The van der Waals surface area contributed by atoms with Gasteiger partial charge in [0.2, 0.25) is 11.2 Å². The van der Waals surface area contributed by atoms with Crippen molar-refractivity contribution in [2.24, 2.45) is 0 Å². The predicted molar refractivity (Wildman–Crippen MR) is 116 cm³/mol. The van der Waals surface area contributed by atoms with E-state index in [1.807, 2.05) is 12.1 Å². The van der Waals surface area contributed by atoms with E-state index >= 15 is 0 Å². The van der Waals surface area contributed by atoms with Crippen LogP contribution in [-0.2, 0) is 13.2 Å². The van der Waals surface area contributed by atoms with Gasteiger partial charge < -0.3 is 18.8 Å². The molecular formula is C24H25FN2O4. The molecule has 0 radical (unpaired) electrons. The summed E-state index contributed by atoms with van der Waals surface area (Å²) in [6.07, 6.45) is 1.31. The third-order valence-corrected chi connectivity index (χ3v) is 5.38. The Kier molecular flexibility index (Phi) is 6.52. The summed E-state index contributed by atoms with van der Waals surface area (Å²) in [6, 6.07) is 15.8. The van der Waals surface area contributed by atoms with Gasteiger partial charge in [0.15, 0.2) is 0 Å². The maximum Gasteiger partial charge on any atom is 0.227 e. The van der Waals surface area contributed by atoms with Crippen LogP contribution in [0.25, 0.3) is 0 Å². The van der Waals surface area contributed by atoms with Gasteiger partial charge in [-0.3, -0.25) is 9.69 Å². The van der Waals surface area contributed by atoms with E-state index in [0.717, 1.165) is 31.9 Å². The van der Waals surface area contributed by atoms with Gasteiger partial charge in [-0.25, -0.2) is 4.39 Å². The molecule has 31 heavy (non-hydrogen) atoms. The molecule has 1 saturated heterocycles. The second-order valence-electron chi connectivity index (χ2n) is 7.42. The van der Waals surface area contributed by atoms with E-state index in [2.05, 4.69) is 21.9 Å². The second kappa shape index (κ2) is 9.66. The van der Waals surface area contributed by atoms with Gasteiger partial charge in [-0.05, 0) is 30.3 Å². The van der Waals surface area contributed by atoms with Crippen LogP contribution in [0.2, 0.25) is 0 Å². The molecular weight excluding hydrogens is 399 g/mol. The molecule has 1 aromatic heterocycles. The molecule has 0 N–H and O–H groups in total. The van der Waals surface area contributed by atoms with Crippen molar-refractivity contribution in [1.29, 1.82) is 0 Å². The van der Waals surface area contributed by atoms with Crippen molar-refractivity contribution in [1.82, 2.24) is 4.90 Å². The minimum atomic E-state index is -0.364. The normalized spacial score (nSPS) is 14.5. The molecule has 0 bridgehead atoms. The highest BCUT2D eigenvalue weighted by Gasteiger charge is 2.18. The Morgan fingerprint density at radius 1 is 1.03 bits per heavy atom. The van der Waals surface area contributed by atoms with Gasteiger partial charge in [-0.15, -0.1) is 0 Å². The average Bonchev–Trinajstić information content (AvgIpc) is 2.80. The zero-order chi connectivity index (χ0) is 21.6. The Hall–Kier alpha value is -3.32. The monoisotopic (exact) mass is 424 g/mol. The first kappa shape index (κ1) is 20.9. The summed E-state index contributed by atoms with van der Waals surface area (Å²) in [4.78, 5) is 16.9. The lowest BCUT2D eigenvalue weighted by molar-refractivity contribution is 0.224. The molecule has 6 nitrogen and oxygen atoms in total. The van der Waals surface area contributed by atoms with Crippen molar-refractivity contribution >= 4 is 5.69 Å². The number of hydrogen-bond acceptors (Lipinski definition) is 6. The van der Waals surface area contributed by atoms with Crippen molar-refractivity contribution in [3.05, 3.63) is 88.2 Å². The number of anilines is 1. The topological polar surface area (TPSA) is 55.2 Å². The Bertz CT molecular complexity index is 1060. The van der Waals surface area contributed by atoms with E-state index in [1.165, 1.54) is 24.1 Å². The quantitative estimate of drug-likeness (QED) is 0.577. The molecule has 0 unspecified atom stereocenters. The molecule has 7 heteroatoms. The summed E-state index contributed by atoms with van der Waals surface area (Å²) in [7, 11) is 1.66. The van der Waals surface area contributed by atoms with Crippen LogP contribution < -0.4 is 19.8 Å². The standard InChI is InChI=1S/C24H25FN2O4/c1-29-20-8-6-19(7-9-20)27-12-10-26(11-13-27)15-21-14-23(28)24(17-30-21)31-16-18-4-2-3-5-22(18)25/h2-9,14,17H,10-13,15-16H2,1H3. The lowest BCUT2D eigenvalue weighted by Gasteiger charge is -2.35. The van der Waals surface area contributed by atoms with E-state index < -0.39 is 0 Å². The highest BCUT2D eigenvalue weighted by molar-refractivity contribution is 5.49. The van der Waals surface area contributed by atoms with Gasteiger partial charge >= 0.3 is 0 Å². The third-order valence-electron chi connectivity index (χ3n) is 5.38. The zero-order valence-corrected chi connectivity index (χ0v) is 17.4. The van der Waals surface area contributed by atoms with E-state index in [9.17, 15) is 9.18 Å². The van der Waals surface area contributed by atoms with Gasteiger partial charge in [0.1, 0.15) is 30.2 Å². The SMILES string of the molecule is COc1ccc(N2CCN(Cc3cc(=O)c(OCc4ccccc4F)co3)CC2)cc1. The Morgan fingerprint density at radius 2 is 1.77 bits per heavy atom. The van der Waals surface area contributed by atoms with Gasteiger partial charge in [-0.2, -0.15) is 0 Å². The summed E-state index contributed by atoms with van der Waals surface area (Å²) in [5.41, 5.74) is 1.29. The minimum absolute atomic E-state index is 0.0237. The van der Waals surface area contributed by atoms with E-state index in [1.54, 1.807) is 25.3 Å². The smallest absolute Gasteiger partial charge is 0.227 e. The first-order valence-corrected chi connectivity index (χ1v) is 10.2. The Labute approximate surface area is 180 Å². The number of nitrogens with zero attached hydrogens (tertiary/aromatic N) is 2. The lowest BCUT2D eigenvalue weighted by atomic mass is 10.2. The maximum atomic E-state index is 13.7. The lowest BCUT2D eigenvalue weighted by Crippen LogP contribution is -2.46.